The number of carboxylic acid groups (broad SMARTS) is 3. The zero-order valence-electron chi connectivity index (χ0n) is 7.34. The van der Waals surface area contributed by atoms with E-state index in [1.165, 1.54) is 0 Å². The van der Waals surface area contributed by atoms with Crippen LogP contribution in [0.3, 0.4) is 0 Å². The first-order valence-corrected chi connectivity index (χ1v) is 3.63. The molecule has 0 fully saturated rings. The van der Waals surface area contributed by atoms with Crippen LogP contribution in [-0.4, -0.2) is 49.7 Å². The van der Waals surface area contributed by atoms with E-state index in [1.807, 2.05) is 0 Å². The van der Waals surface area contributed by atoms with Gasteiger partial charge in [-0.25, -0.2) is 9.59 Å². The first-order chi connectivity index (χ1) is 6.69. The van der Waals surface area contributed by atoms with E-state index in [-0.39, 0.29) is 0 Å². The van der Waals surface area contributed by atoms with Crippen molar-refractivity contribution in [2.24, 2.45) is 0 Å². The lowest BCUT2D eigenvalue weighted by Gasteiger charge is -2.19. The molecule has 0 aliphatic rings. The Balaban J connectivity index is 4.81. The Labute approximate surface area is 82.8 Å². The average Bonchev–Trinajstić information content (AvgIpc) is 2.01. The number of aliphatic hydroxyl groups is 1. The Morgan fingerprint density at radius 1 is 0.933 bits per heavy atom. The molecule has 0 unspecified atom stereocenters. The molecule has 0 saturated heterocycles. The largest absolute Gasteiger partial charge is 0.481 e. The van der Waals surface area contributed by atoms with Gasteiger partial charge in [-0.05, 0) is 0 Å². The first kappa shape index (κ1) is 13.0. The van der Waals surface area contributed by atoms with Crippen molar-refractivity contribution in [1.29, 1.82) is 0 Å². The standard InChI is InChI=1S/C7H8O8/c8-3(5(11)12)1-7(15,6(13)14)2-4(9)10/h15H,1-2H2,(H,9,10)(H,11,12)(H,13,14)/t7-/m1/s1. The lowest BCUT2D eigenvalue weighted by Crippen LogP contribution is -2.43. The first-order valence-electron chi connectivity index (χ1n) is 3.63. The number of ketones is 1. The number of rotatable bonds is 6. The molecule has 0 radical (unpaired) electrons. The summed E-state index contributed by atoms with van der Waals surface area (Å²) in [6, 6.07) is 0. The van der Waals surface area contributed by atoms with Crippen LogP contribution in [0.1, 0.15) is 12.8 Å². The van der Waals surface area contributed by atoms with Gasteiger partial charge in [0, 0.05) is 0 Å². The third-order valence-electron chi connectivity index (χ3n) is 1.53. The van der Waals surface area contributed by atoms with E-state index in [2.05, 4.69) is 0 Å². The molecule has 8 heteroatoms. The van der Waals surface area contributed by atoms with Crippen LogP contribution in [-0.2, 0) is 19.2 Å². The van der Waals surface area contributed by atoms with Crippen molar-refractivity contribution >= 4 is 23.7 Å². The molecule has 84 valence electrons. The number of carboxylic acids is 3. The van der Waals surface area contributed by atoms with E-state index in [4.69, 9.17) is 15.3 Å². The Kier molecular flexibility index (Phi) is 3.92. The van der Waals surface area contributed by atoms with Gasteiger partial charge in [0.1, 0.15) is 0 Å². The molecule has 1 atom stereocenters. The second-order valence-corrected chi connectivity index (χ2v) is 2.81. The highest BCUT2D eigenvalue weighted by Crippen LogP contribution is 2.16. The summed E-state index contributed by atoms with van der Waals surface area (Å²) in [5, 5.41) is 34.1. The van der Waals surface area contributed by atoms with Crippen LogP contribution in [0.15, 0.2) is 0 Å². The van der Waals surface area contributed by atoms with Crippen LogP contribution in [0.25, 0.3) is 0 Å². The summed E-state index contributed by atoms with van der Waals surface area (Å²) in [7, 11) is 0. The van der Waals surface area contributed by atoms with Crippen LogP contribution < -0.4 is 0 Å². The van der Waals surface area contributed by atoms with Crippen LogP contribution in [0.2, 0.25) is 0 Å². The Bertz CT molecular complexity index is 319. The topological polar surface area (TPSA) is 149 Å². The zero-order valence-corrected chi connectivity index (χ0v) is 7.34. The fraction of sp³-hybridized carbons (Fsp3) is 0.429. The summed E-state index contributed by atoms with van der Waals surface area (Å²) in [5.74, 6) is -7.11. The molecule has 15 heavy (non-hydrogen) atoms. The molecule has 0 aromatic heterocycles. The fourth-order valence-electron chi connectivity index (χ4n) is 0.805. The van der Waals surface area contributed by atoms with Crippen molar-refractivity contribution in [1.82, 2.24) is 0 Å². The molecule has 0 saturated carbocycles. The minimum atomic E-state index is -2.89. The Hall–Kier alpha value is -1.96. The average molecular weight is 220 g/mol. The molecule has 4 N–H and O–H groups in total. The van der Waals surface area contributed by atoms with Crippen molar-refractivity contribution < 1.29 is 39.6 Å². The molecule has 0 aromatic carbocycles. The van der Waals surface area contributed by atoms with E-state index in [0.29, 0.717) is 0 Å². The van der Waals surface area contributed by atoms with E-state index < -0.39 is 42.1 Å². The highest BCUT2D eigenvalue weighted by molar-refractivity contribution is 6.33. The summed E-state index contributed by atoms with van der Waals surface area (Å²) in [6.45, 7) is 0. The van der Waals surface area contributed by atoms with Crippen LogP contribution in [0, 0.1) is 0 Å². The molecule has 0 spiro atoms. The number of hydrogen-bond acceptors (Lipinski definition) is 5. The SMILES string of the molecule is O=C(O)C[C@](O)(CC(=O)C(=O)O)C(=O)O. The normalized spacial score (nSPS) is 13.9. The van der Waals surface area contributed by atoms with E-state index in [9.17, 15) is 24.3 Å². The van der Waals surface area contributed by atoms with E-state index >= 15 is 0 Å². The van der Waals surface area contributed by atoms with Crippen LogP contribution in [0.5, 0.6) is 0 Å². The number of carbonyl (C=O) groups excluding carboxylic acids is 1. The second kappa shape index (κ2) is 4.51. The molecule has 8 nitrogen and oxygen atoms in total. The molecule has 0 amide bonds. The monoisotopic (exact) mass is 220 g/mol. The van der Waals surface area contributed by atoms with Gasteiger partial charge in [0.15, 0.2) is 5.60 Å². The van der Waals surface area contributed by atoms with Gasteiger partial charge in [-0.15, -0.1) is 0 Å². The van der Waals surface area contributed by atoms with Crippen molar-refractivity contribution in [3.63, 3.8) is 0 Å². The Morgan fingerprint density at radius 3 is 1.67 bits per heavy atom. The van der Waals surface area contributed by atoms with Gasteiger partial charge in [-0.1, -0.05) is 0 Å². The molecule has 0 aromatic rings. The molecule has 0 heterocycles. The summed E-state index contributed by atoms with van der Waals surface area (Å²) in [4.78, 5) is 41.4. The Morgan fingerprint density at radius 2 is 1.40 bits per heavy atom. The predicted molar refractivity (Wildman–Crippen MR) is 42.1 cm³/mol. The molecular formula is C7H8O8. The maximum absolute atomic E-state index is 10.6. The fourth-order valence-corrected chi connectivity index (χ4v) is 0.805. The summed E-state index contributed by atoms with van der Waals surface area (Å²) in [6.07, 6.45) is -2.54. The van der Waals surface area contributed by atoms with Gasteiger partial charge in [0.25, 0.3) is 0 Å². The molecule has 0 aliphatic carbocycles. The number of carbonyl (C=O) groups is 4. The van der Waals surface area contributed by atoms with Crippen molar-refractivity contribution in [2.75, 3.05) is 0 Å². The van der Waals surface area contributed by atoms with Gasteiger partial charge in [-0.2, -0.15) is 0 Å². The predicted octanol–water partition coefficient (Wildman–Crippen LogP) is -1.68. The van der Waals surface area contributed by atoms with Gasteiger partial charge in [-0.3, -0.25) is 9.59 Å². The van der Waals surface area contributed by atoms with Crippen molar-refractivity contribution in [3.8, 4) is 0 Å². The number of hydrogen-bond donors (Lipinski definition) is 4. The van der Waals surface area contributed by atoms with E-state index in [0.717, 1.165) is 0 Å². The quantitative estimate of drug-likeness (QED) is 0.387. The maximum Gasteiger partial charge on any atom is 0.372 e. The van der Waals surface area contributed by atoms with E-state index in [1.54, 1.807) is 0 Å². The van der Waals surface area contributed by atoms with Gasteiger partial charge >= 0.3 is 17.9 Å². The minimum Gasteiger partial charge on any atom is -0.481 e. The maximum atomic E-state index is 10.6. The number of aliphatic carboxylic acids is 3. The van der Waals surface area contributed by atoms with Crippen molar-refractivity contribution in [3.05, 3.63) is 0 Å². The number of Topliss-reactive ketones (excluding diaryl/α,β-unsaturated/α-hetero) is 1. The summed E-state index contributed by atoms with van der Waals surface area (Å²) >= 11 is 0. The highest BCUT2D eigenvalue weighted by atomic mass is 16.4. The van der Waals surface area contributed by atoms with Gasteiger partial charge < -0.3 is 20.4 Å². The molecular weight excluding hydrogens is 212 g/mol. The third kappa shape index (κ3) is 3.73. The van der Waals surface area contributed by atoms with Crippen LogP contribution in [0.4, 0.5) is 0 Å². The molecule has 0 rings (SSSR count). The second-order valence-electron chi connectivity index (χ2n) is 2.81. The zero-order chi connectivity index (χ0) is 12.2. The smallest absolute Gasteiger partial charge is 0.372 e. The molecule has 0 aliphatic heterocycles. The lowest BCUT2D eigenvalue weighted by molar-refractivity contribution is -0.169. The van der Waals surface area contributed by atoms with Gasteiger partial charge in [0.05, 0.1) is 12.8 Å². The third-order valence-corrected chi connectivity index (χ3v) is 1.53. The lowest BCUT2D eigenvalue weighted by atomic mass is 9.93. The highest BCUT2D eigenvalue weighted by Gasteiger charge is 2.42. The summed E-state index contributed by atoms with van der Waals surface area (Å²) < 4.78 is 0. The van der Waals surface area contributed by atoms with Crippen LogP contribution >= 0.6 is 0 Å². The molecule has 0 bridgehead atoms. The van der Waals surface area contributed by atoms with Gasteiger partial charge in [0.2, 0.25) is 5.78 Å². The summed E-state index contributed by atoms with van der Waals surface area (Å²) in [5.41, 5.74) is -2.89. The van der Waals surface area contributed by atoms with Crippen molar-refractivity contribution in [2.45, 2.75) is 18.4 Å². The minimum absolute atomic E-state index is 1.25.